The number of nitro benzene ring substituents is 1. The number of amides is 1. The van der Waals surface area contributed by atoms with E-state index in [4.69, 9.17) is 0 Å². The molecule has 3 N–H and O–H groups in total. The molecule has 0 saturated heterocycles. The van der Waals surface area contributed by atoms with Crippen molar-refractivity contribution < 1.29 is 9.72 Å². The quantitative estimate of drug-likeness (QED) is 0.573. The lowest BCUT2D eigenvalue weighted by molar-refractivity contribution is -0.385. The molecule has 0 atom stereocenters. The summed E-state index contributed by atoms with van der Waals surface area (Å²) >= 11 is 0. The van der Waals surface area contributed by atoms with Crippen molar-refractivity contribution in [3.05, 3.63) is 56.9 Å². The molecule has 114 valence electrons. The zero-order valence-electron chi connectivity index (χ0n) is 11.8. The maximum atomic E-state index is 12.2. The highest BCUT2D eigenvalue weighted by atomic mass is 16.6. The van der Waals surface area contributed by atoms with Gasteiger partial charge in [-0.3, -0.25) is 20.0 Å². The summed E-state index contributed by atoms with van der Waals surface area (Å²) in [5.41, 5.74) is 2.64. The third kappa shape index (κ3) is 2.68. The molecule has 1 aromatic carbocycles. The lowest BCUT2D eigenvalue weighted by atomic mass is 10.1. The van der Waals surface area contributed by atoms with Gasteiger partial charge in [-0.2, -0.15) is 5.10 Å². The lowest BCUT2D eigenvalue weighted by Gasteiger charge is -2.12. The molecule has 0 spiro atoms. The molecule has 0 saturated carbocycles. The number of nitro groups is 1. The van der Waals surface area contributed by atoms with Gasteiger partial charge in [-0.15, -0.1) is 0 Å². The lowest BCUT2D eigenvalue weighted by Crippen LogP contribution is -2.28. The molecule has 0 bridgehead atoms. The first-order valence-corrected chi connectivity index (χ1v) is 6.94. The van der Waals surface area contributed by atoms with Crippen molar-refractivity contribution in [3.8, 4) is 0 Å². The molecule has 2 heterocycles. The topological polar surface area (TPSA) is 113 Å². The van der Waals surface area contributed by atoms with E-state index in [0.29, 0.717) is 17.8 Å². The van der Waals surface area contributed by atoms with Crippen molar-refractivity contribution in [1.29, 1.82) is 0 Å². The second-order valence-corrected chi connectivity index (χ2v) is 5.02. The number of H-pyrrole nitrogens is 1. The molecule has 1 aliphatic rings. The molecule has 8 nitrogen and oxygen atoms in total. The highest BCUT2D eigenvalue weighted by Crippen LogP contribution is 2.18. The Hall–Kier alpha value is -2.74. The van der Waals surface area contributed by atoms with Crippen LogP contribution in [0.4, 0.5) is 5.69 Å². The molecule has 1 aliphatic heterocycles. The standard InChI is InChI=1S/C14H15N5O3/c20-14(13-10-8-15-6-5-11(10)17-18-13)16-7-9-3-1-2-4-12(9)19(21)22/h1-4,15H,5-8H2,(H,16,20)(H,17,18). The molecule has 22 heavy (non-hydrogen) atoms. The molecular formula is C14H15N5O3. The number of rotatable bonds is 4. The Morgan fingerprint density at radius 3 is 3.05 bits per heavy atom. The molecular weight excluding hydrogens is 286 g/mol. The fourth-order valence-corrected chi connectivity index (χ4v) is 2.51. The predicted molar refractivity (Wildman–Crippen MR) is 78.3 cm³/mol. The smallest absolute Gasteiger partial charge is 0.274 e. The van der Waals surface area contributed by atoms with E-state index in [9.17, 15) is 14.9 Å². The first-order chi connectivity index (χ1) is 10.7. The number of fused-ring (bicyclic) bond motifs is 1. The van der Waals surface area contributed by atoms with Gasteiger partial charge in [0.05, 0.1) is 4.92 Å². The fraction of sp³-hybridized carbons (Fsp3) is 0.286. The molecule has 0 unspecified atom stereocenters. The largest absolute Gasteiger partial charge is 0.346 e. The van der Waals surface area contributed by atoms with E-state index < -0.39 is 4.92 Å². The van der Waals surface area contributed by atoms with E-state index in [0.717, 1.165) is 24.2 Å². The SMILES string of the molecule is O=C(NCc1ccccc1[N+](=O)[O-])c1n[nH]c2c1CNCC2. The number of nitrogens with one attached hydrogen (secondary N) is 3. The number of benzene rings is 1. The second-order valence-electron chi connectivity index (χ2n) is 5.02. The number of hydrogen-bond acceptors (Lipinski definition) is 5. The average molecular weight is 301 g/mol. The number of carbonyl (C=O) groups is 1. The van der Waals surface area contributed by atoms with Crippen LogP contribution in [0.2, 0.25) is 0 Å². The van der Waals surface area contributed by atoms with E-state index in [2.05, 4.69) is 20.8 Å². The molecule has 3 rings (SSSR count). The van der Waals surface area contributed by atoms with Crippen LogP contribution in [-0.2, 0) is 19.5 Å². The Morgan fingerprint density at radius 1 is 1.41 bits per heavy atom. The highest BCUT2D eigenvalue weighted by Gasteiger charge is 2.22. The third-order valence-corrected chi connectivity index (χ3v) is 3.65. The van der Waals surface area contributed by atoms with Crippen LogP contribution < -0.4 is 10.6 Å². The van der Waals surface area contributed by atoms with E-state index in [1.807, 2.05) is 0 Å². The number of nitrogens with zero attached hydrogens (tertiary/aromatic N) is 2. The Balaban J connectivity index is 1.73. The fourth-order valence-electron chi connectivity index (χ4n) is 2.51. The van der Waals surface area contributed by atoms with E-state index >= 15 is 0 Å². The van der Waals surface area contributed by atoms with Gasteiger partial charge in [0.1, 0.15) is 0 Å². The predicted octanol–water partition coefficient (Wildman–Crippen LogP) is 0.894. The molecule has 0 fully saturated rings. The highest BCUT2D eigenvalue weighted by molar-refractivity contribution is 5.94. The van der Waals surface area contributed by atoms with Gasteiger partial charge in [0, 0.05) is 48.9 Å². The maximum Gasteiger partial charge on any atom is 0.274 e. The Morgan fingerprint density at radius 2 is 2.23 bits per heavy atom. The van der Waals surface area contributed by atoms with Crippen molar-refractivity contribution in [2.75, 3.05) is 6.54 Å². The maximum absolute atomic E-state index is 12.2. The third-order valence-electron chi connectivity index (χ3n) is 3.65. The van der Waals surface area contributed by atoms with Gasteiger partial charge in [-0.05, 0) is 0 Å². The average Bonchev–Trinajstić information content (AvgIpc) is 2.97. The van der Waals surface area contributed by atoms with E-state index in [1.54, 1.807) is 18.2 Å². The van der Waals surface area contributed by atoms with Gasteiger partial charge in [0.15, 0.2) is 5.69 Å². The monoisotopic (exact) mass is 301 g/mol. The number of aromatic nitrogens is 2. The van der Waals surface area contributed by atoms with Crippen LogP contribution in [0.15, 0.2) is 24.3 Å². The Labute approximate surface area is 126 Å². The van der Waals surface area contributed by atoms with Gasteiger partial charge in [-0.25, -0.2) is 0 Å². The number of para-hydroxylation sites is 1. The number of carbonyl (C=O) groups excluding carboxylic acids is 1. The van der Waals surface area contributed by atoms with Gasteiger partial charge in [0.25, 0.3) is 11.6 Å². The van der Waals surface area contributed by atoms with Crippen molar-refractivity contribution in [2.24, 2.45) is 0 Å². The molecule has 1 aromatic heterocycles. The summed E-state index contributed by atoms with van der Waals surface area (Å²) in [4.78, 5) is 22.7. The van der Waals surface area contributed by atoms with Crippen LogP contribution in [0.1, 0.15) is 27.3 Å². The summed E-state index contributed by atoms with van der Waals surface area (Å²) in [6.07, 6.45) is 0.805. The zero-order chi connectivity index (χ0) is 15.5. The van der Waals surface area contributed by atoms with Crippen molar-refractivity contribution in [1.82, 2.24) is 20.8 Å². The summed E-state index contributed by atoms with van der Waals surface area (Å²) in [5.74, 6) is -0.334. The summed E-state index contributed by atoms with van der Waals surface area (Å²) in [6, 6.07) is 6.34. The van der Waals surface area contributed by atoms with Crippen LogP contribution >= 0.6 is 0 Å². The second kappa shape index (κ2) is 5.94. The number of aromatic amines is 1. The van der Waals surface area contributed by atoms with Crippen LogP contribution in [0.3, 0.4) is 0 Å². The van der Waals surface area contributed by atoms with Crippen LogP contribution in [0.25, 0.3) is 0 Å². The molecule has 0 radical (unpaired) electrons. The minimum absolute atomic E-state index is 0.00600. The van der Waals surface area contributed by atoms with Crippen molar-refractivity contribution >= 4 is 11.6 Å². The molecule has 1 amide bonds. The summed E-state index contributed by atoms with van der Waals surface area (Å²) in [7, 11) is 0. The molecule has 0 aliphatic carbocycles. The molecule has 2 aromatic rings. The van der Waals surface area contributed by atoms with Crippen molar-refractivity contribution in [2.45, 2.75) is 19.5 Å². The van der Waals surface area contributed by atoms with Crippen LogP contribution in [0, 0.1) is 10.1 Å². The van der Waals surface area contributed by atoms with Crippen LogP contribution in [0.5, 0.6) is 0 Å². The van der Waals surface area contributed by atoms with Gasteiger partial charge >= 0.3 is 0 Å². The zero-order valence-corrected chi connectivity index (χ0v) is 11.8. The Kier molecular flexibility index (Phi) is 3.84. The summed E-state index contributed by atoms with van der Waals surface area (Å²) < 4.78 is 0. The van der Waals surface area contributed by atoms with Gasteiger partial charge < -0.3 is 10.6 Å². The Bertz CT molecular complexity index is 725. The number of hydrogen-bond donors (Lipinski definition) is 3. The summed E-state index contributed by atoms with van der Waals surface area (Å²) in [6.45, 7) is 1.54. The minimum atomic E-state index is -0.457. The van der Waals surface area contributed by atoms with Gasteiger partial charge in [0.2, 0.25) is 0 Å². The first-order valence-electron chi connectivity index (χ1n) is 6.94. The van der Waals surface area contributed by atoms with Crippen LogP contribution in [-0.4, -0.2) is 27.6 Å². The van der Waals surface area contributed by atoms with E-state index in [-0.39, 0.29) is 18.1 Å². The van der Waals surface area contributed by atoms with Gasteiger partial charge in [-0.1, -0.05) is 18.2 Å². The minimum Gasteiger partial charge on any atom is -0.346 e. The summed E-state index contributed by atoms with van der Waals surface area (Å²) in [5, 5.41) is 23.8. The molecule has 8 heteroatoms. The van der Waals surface area contributed by atoms with E-state index in [1.165, 1.54) is 6.07 Å². The van der Waals surface area contributed by atoms with Crippen molar-refractivity contribution in [3.63, 3.8) is 0 Å². The normalized spacial score (nSPS) is 13.5. The first kappa shape index (κ1) is 14.2.